The van der Waals surface area contributed by atoms with Crippen molar-refractivity contribution >= 4 is 35.1 Å². The highest BCUT2D eigenvalue weighted by Crippen LogP contribution is 2.16. The van der Waals surface area contributed by atoms with Crippen molar-refractivity contribution in [3.05, 3.63) is 65.7 Å². The van der Waals surface area contributed by atoms with Crippen molar-refractivity contribution in [2.45, 2.75) is 39.2 Å². The predicted octanol–water partition coefficient (Wildman–Crippen LogP) is 3.10. The molecule has 0 aliphatic carbocycles. The van der Waals surface area contributed by atoms with E-state index in [1.54, 1.807) is 29.2 Å². The molecule has 2 amide bonds. The molecule has 0 aromatic heterocycles. The van der Waals surface area contributed by atoms with Crippen molar-refractivity contribution in [3.63, 3.8) is 0 Å². The number of ether oxygens (including phenoxy) is 2. The van der Waals surface area contributed by atoms with Crippen LogP contribution in [0.25, 0.3) is 0 Å². The molecule has 1 aliphatic heterocycles. The van der Waals surface area contributed by atoms with Crippen LogP contribution < -0.4 is 15.4 Å². The van der Waals surface area contributed by atoms with Gasteiger partial charge in [-0.05, 0) is 48.3 Å². The van der Waals surface area contributed by atoms with Gasteiger partial charge in [0, 0.05) is 25.1 Å². The molecule has 192 valence electrons. The number of esters is 1. The van der Waals surface area contributed by atoms with E-state index in [1.807, 2.05) is 30.3 Å². The molecular weight excluding hydrogens is 478 g/mol. The Morgan fingerprint density at radius 2 is 1.92 bits per heavy atom. The van der Waals surface area contributed by atoms with Crippen molar-refractivity contribution in [2.24, 2.45) is 5.92 Å². The molecule has 0 saturated carbocycles. The van der Waals surface area contributed by atoms with Crippen LogP contribution in [0.15, 0.2) is 54.6 Å². The number of hydrogen-bond donors (Lipinski definition) is 2. The minimum absolute atomic E-state index is 0.0862. The number of nitrogens with one attached hydrogen (secondary N) is 2. The molecule has 0 bridgehead atoms. The topological polar surface area (TPSA) is 97.0 Å². The number of carbonyl (C=O) groups is 3. The van der Waals surface area contributed by atoms with Crippen LogP contribution in [0.3, 0.4) is 0 Å². The van der Waals surface area contributed by atoms with Gasteiger partial charge < -0.3 is 19.7 Å². The van der Waals surface area contributed by atoms with E-state index in [0.717, 1.165) is 12.0 Å². The molecule has 36 heavy (non-hydrogen) atoms. The van der Waals surface area contributed by atoms with Crippen LogP contribution in [-0.2, 0) is 20.7 Å². The van der Waals surface area contributed by atoms with E-state index in [2.05, 4.69) is 24.5 Å². The number of thiocarbonyl (C=S) groups is 1. The first-order valence-corrected chi connectivity index (χ1v) is 12.6. The molecule has 2 aromatic carbocycles. The molecular formula is C27H33N3O5S. The summed E-state index contributed by atoms with van der Waals surface area (Å²) in [5.41, 5.74) is 1.44. The van der Waals surface area contributed by atoms with Crippen LogP contribution in [0.4, 0.5) is 0 Å². The fourth-order valence-electron chi connectivity index (χ4n) is 3.69. The summed E-state index contributed by atoms with van der Waals surface area (Å²) in [7, 11) is 0. The minimum Gasteiger partial charge on any atom is -0.494 e. The second-order valence-corrected chi connectivity index (χ2v) is 9.37. The van der Waals surface area contributed by atoms with Crippen molar-refractivity contribution in [3.8, 4) is 5.75 Å². The molecule has 9 heteroatoms. The lowest BCUT2D eigenvalue weighted by atomic mass is 10.1. The third-order valence-electron chi connectivity index (χ3n) is 5.73. The average Bonchev–Trinajstić information content (AvgIpc) is 2.86. The van der Waals surface area contributed by atoms with E-state index < -0.39 is 17.9 Å². The second kappa shape index (κ2) is 13.6. The maximum atomic E-state index is 12.8. The highest BCUT2D eigenvalue weighted by Gasteiger charge is 2.34. The molecule has 3 rings (SSSR count). The molecule has 8 nitrogen and oxygen atoms in total. The first-order valence-electron chi connectivity index (χ1n) is 12.2. The van der Waals surface area contributed by atoms with E-state index in [1.165, 1.54) is 0 Å². The van der Waals surface area contributed by atoms with Gasteiger partial charge in [0.15, 0.2) is 5.11 Å². The smallest absolute Gasteiger partial charge is 0.308 e. The van der Waals surface area contributed by atoms with Crippen molar-refractivity contribution < 1.29 is 23.9 Å². The molecule has 2 aromatic rings. The first kappa shape index (κ1) is 27.1. The van der Waals surface area contributed by atoms with Crippen LogP contribution in [-0.4, -0.2) is 60.1 Å². The van der Waals surface area contributed by atoms with Crippen LogP contribution >= 0.6 is 12.2 Å². The number of nitrogens with zero attached hydrogens (tertiary/aromatic N) is 1. The summed E-state index contributed by atoms with van der Waals surface area (Å²) in [6.07, 6.45) is 1.32. The second-order valence-electron chi connectivity index (χ2n) is 8.98. The third-order valence-corrected chi connectivity index (χ3v) is 6.07. The quantitative estimate of drug-likeness (QED) is 0.374. The van der Waals surface area contributed by atoms with Crippen LogP contribution in [0.2, 0.25) is 0 Å². The first-order chi connectivity index (χ1) is 17.3. The van der Waals surface area contributed by atoms with Crippen molar-refractivity contribution in [1.29, 1.82) is 0 Å². The normalized spacial score (nSPS) is 15.2. The van der Waals surface area contributed by atoms with Crippen LogP contribution in [0.1, 0.15) is 42.6 Å². The third kappa shape index (κ3) is 8.34. The van der Waals surface area contributed by atoms with Gasteiger partial charge in [0.25, 0.3) is 5.91 Å². The van der Waals surface area contributed by atoms with Gasteiger partial charge in [0.05, 0.1) is 19.6 Å². The molecule has 1 heterocycles. The zero-order valence-electron chi connectivity index (χ0n) is 20.7. The highest BCUT2D eigenvalue weighted by molar-refractivity contribution is 7.80. The molecule has 1 saturated heterocycles. The van der Waals surface area contributed by atoms with Gasteiger partial charge in [-0.2, -0.15) is 0 Å². The van der Waals surface area contributed by atoms with Crippen LogP contribution in [0, 0.1) is 5.92 Å². The maximum Gasteiger partial charge on any atom is 0.308 e. The molecule has 1 atom stereocenters. The Morgan fingerprint density at radius 3 is 2.67 bits per heavy atom. The molecule has 1 fully saturated rings. The monoisotopic (exact) mass is 511 g/mol. The van der Waals surface area contributed by atoms with E-state index in [-0.39, 0.29) is 24.0 Å². The number of amides is 2. The zero-order valence-corrected chi connectivity index (χ0v) is 21.5. The summed E-state index contributed by atoms with van der Waals surface area (Å²) in [4.78, 5) is 39.4. The number of hydrogen-bond acceptors (Lipinski definition) is 6. The highest BCUT2D eigenvalue weighted by atomic mass is 32.1. The van der Waals surface area contributed by atoms with Gasteiger partial charge in [-0.25, -0.2) is 0 Å². The summed E-state index contributed by atoms with van der Waals surface area (Å²) in [6, 6.07) is 15.7. The fraction of sp³-hybridized carbons (Fsp3) is 0.407. The fourth-order valence-corrected chi connectivity index (χ4v) is 4.00. The lowest BCUT2D eigenvalue weighted by Gasteiger charge is -2.36. The van der Waals surface area contributed by atoms with Gasteiger partial charge in [0.2, 0.25) is 5.91 Å². The van der Waals surface area contributed by atoms with Gasteiger partial charge in [0.1, 0.15) is 11.8 Å². The summed E-state index contributed by atoms with van der Waals surface area (Å²) < 4.78 is 11.1. The van der Waals surface area contributed by atoms with Crippen molar-refractivity contribution in [1.82, 2.24) is 15.5 Å². The van der Waals surface area contributed by atoms with Gasteiger partial charge in [-0.15, -0.1) is 0 Å². The summed E-state index contributed by atoms with van der Waals surface area (Å²) in [5, 5.41) is 5.52. The van der Waals surface area contributed by atoms with Crippen molar-refractivity contribution in [2.75, 3.05) is 26.3 Å². The molecule has 1 unspecified atom stereocenters. The Bertz CT molecular complexity index is 1060. The van der Waals surface area contributed by atoms with E-state index >= 15 is 0 Å². The number of benzene rings is 2. The van der Waals surface area contributed by atoms with Crippen LogP contribution in [0.5, 0.6) is 5.75 Å². The van der Waals surface area contributed by atoms with Gasteiger partial charge in [-0.1, -0.05) is 50.2 Å². The standard InChI is InChI=1S/C27H33N3O5S/c1-19(2)11-15-34-22-10-6-9-21(17-22)25(32)29-27(36)30-14-13-28-26(33)23(30)18-24(31)35-16-12-20-7-4-3-5-8-20/h3-10,17,19,23H,11-16,18H2,1-2H3,(H,28,33)(H,29,32,36). The van der Waals surface area contributed by atoms with Gasteiger partial charge in [-0.3, -0.25) is 19.7 Å². The summed E-state index contributed by atoms with van der Waals surface area (Å²) in [6.45, 7) is 5.74. The Kier molecular flexibility index (Phi) is 10.2. The number of piperazine rings is 1. The van der Waals surface area contributed by atoms with E-state index in [4.69, 9.17) is 21.7 Å². The average molecular weight is 512 g/mol. The SMILES string of the molecule is CC(C)CCOc1cccc(C(=O)NC(=S)N2CCNC(=O)C2CC(=O)OCCc2ccccc2)c1. The molecule has 0 spiro atoms. The molecule has 0 radical (unpaired) electrons. The lowest BCUT2D eigenvalue weighted by molar-refractivity contribution is -0.147. The van der Waals surface area contributed by atoms with E-state index in [9.17, 15) is 14.4 Å². The Morgan fingerprint density at radius 1 is 1.14 bits per heavy atom. The zero-order chi connectivity index (χ0) is 25.9. The Labute approximate surface area is 217 Å². The Balaban J connectivity index is 1.55. The number of carbonyl (C=O) groups excluding carboxylic acids is 3. The minimum atomic E-state index is -0.860. The largest absolute Gasteiger partial charge is 0.494 e. The number of rotatable bonds is 10. The van der Waals surface area contributed by atoms with Gasteiger partial charge >= 0.3 is 5.97 Å². The summed E-state index contributed by atoms with van der Waals surface area (Å²) in [5.74, 6) is -0.131. The maximum absolute atomic E-state index is 12.8. The Hall–Kier alpha value is -3.46. The molecule has 1 aliphatic rings. The summed E-state index contributed by atoms with van der Waals surface area (Å²) >= 11 is 5.45. The molecule has 2 N–H and O–H groups in total. The predicted molar refractivity (Wildman–Crippen MR) is 141 cm³/mol. The van der Waals surface area contributed by atoms with E-state index in [0.29, 0.717) is 43.3 Å². The lowest BCUT2D eigenvalue weighted by Crippen LogP contribution is -2.60.